The standard InChI is InChI=1S/C11H14F3N3/c1-7-6-9(11(12,13)14)17-10(16-7)8-4-2-3-5-15-8/h6,8,15H,2-5H2,1H3. The van der Waals surface area contributed by atoms with Gasteiger partial charge in [-0.3, -0.25) is 0 Å². The van der Waals surface area contributed by atoms with Gasteiger partial charge in [-0.2, -0.15) is 13.2 Å². The number of nitrogens with one attached hydrogen (secondary N) is 1. The minimum atomic E-state index is -4.41. The summed E-state index contributed by atoms with van der Waals surface area (Å²) in [6.45, 7) is 2.37. The highest BCUT2D eigenvalue weighted by atomic mass is 19.4. The normalized spacial score (nSPS) is 21.5. The first-order chi connectivity index (χ1) is 7.97. The third kappa shape index (κ3) is 2.94. The van der Waals surface area contributed by atoms with Crippen LogP contribution in [0.2, 0.25) is 0 Å². The molecule has 0 radical (unpaired) electrons. The smallest absolute Gasteiger partial charge is 0.307 e. The Morgan fingerprint density at radius 1 is 1.29 bits per heavy atom. The summed E-state index contributed by atoms with van der Waals surface area (Å²) in [6.07, 6.45) is -1.57. The van der Waals surface area contributed by atoms with Gasteiger partial charge in [-0.15, -0.1) is 0 Å². The Kier molecular flexibility index (Phi) is 3.33. The number of rotatable bonds is 1. The molecule has 1 unspecified atom stereocenters. The highest BCUT2D eigenvalue weighted by Gasteiger charge is 2.34. The van der Waals surface area contributed by atoms with Crippen molar-refractivity contribution in [3.63, 3.8) is 0 Å². The van der Waals surface area contributed by atoms with Gasteiger partial charge in [-0.25, -0.2) is 9.97 Å². The summed E-state index contributed by atoms with van der Waals surface area (Å²) in [7, 11) is 0. The largest absolute Gasteiger partial charge is 0.433 e. The first kappa shape index (κ1) is 12.3. The Morgan fingerprint density at radius 3 is 2.65 bits per heavy atom. The molecular weight excluding hydrogens is 231 g/mol. The molecule has 0 spiro atoms. The number of halogens is 3. The fraction of sp³-hybridized carbons (Fsp3) is 0.636. The summed E-state index contributed by atoms with van der Waals surface area (Å²) in [4.78, 5) is 7.73. The average Bonchev–Trinajstić information content (AvgIpc) is 2.28. The molecule has 1 saturated heterocycles. The molecule has 1 fully saturated rings. The highest BCUT2D eigenvalue weighted by Crippen LogP contribution is 2.29. The van der Waals surface area contributed by atoms with E-state index < -0.39 is 11.9 Å². The minimum absolute atomic E-state index is 0.148. The number of hydrogen-bond acceptors (Lipinski definition) is 3. The van der Waals surface area contributed by atoms with Gasteiger partial charge < -0.3 is 5.32 Å². The zero-order valence-corrected chi connectivity index (χ0v) is 9.51. The second-order valence-corrected chi connectivity index (χ2v) is 4.25. The van der Waals surface area contributed by atoms with Crippen LogP contribution in [0.1, 0.15) is 42.5 Å². The summed E-state index contributed by atoms with van der Waals surface area (Å²) in [5, 5.41) is 3.15. The summed E-state index contributed by atoms with van der Waals surface area (Å²) in [5.74, 6) is 0.261. The van der Waals surface area contributed by atoms with Crippen LogP contribution in [0.25, 0.3) is 0 Å². The lowest BCUT2D eigenvalue weighted by Crippen LogP contribution is -2.29. The van der Waals surface area contributed by atoms with E-state index >= 15 is 0 Å². The lowest BCUT2D eigenvalue weighted by Gasteiger charge is -2.22. The summed E-state index contributed by atoms with van der Waals surface area (Å²) in [5.41, 5.74) is -0.498. The van der Waals surface area contributed by atoms with Crippen LogP contribution in [-0.2, 0) is 6.18 Å². The second-order valence-electron chi connectivity index (χ2n) is 4.25. The van der Waals surface area contributed by atoms with Crippen molar-refractivity contribution in [1.29, 1.82) is 0 Å². The number of piperidine rings is 1. The zero-order chi connectivity index (χ0) is 12.5. The molecule has 0 aromatic carbocycles. The van der Waals surface area contributed by atoms with Crippen LogP contribution in [0.15, 0.2) is 6.07 Å². The van der Waals surface area contributed by atoms with Crippen LogP contribution in [0.4, 0.5) is 13.2 Å². The molecule has 0 aliphatic carbocycles. The Bertz CT molecular complexity index is 397. The van der Waals surface area contributed by atoms with Gasteiger partial charge in [0.05, 0.1) is 6.04 Å². The average molecular weight is 245 g/mol. The van der Waals surface area contributed by atoms with Crippen molar-refractivity contribution in [2.45, 2.75) is 38.4 Å². The summed E-state index contributed by atoms with van der Waals surface area (Å²) >= 11 is 0. The van der Waals surface area contributed by atoms with Gasteiger partial charge in [0.2, 0.25) is 0 Å². The molecule has 0 amide bonds. The Hall–Kier alpha value is -1.17. The first-order valence-corrected chi connectivity index (χ1v) is 5.63. The lowest BCUT2D eigenvalue weighted by atomic mass is 10.0. The molecule has 17 heavy (non-hydrogen) atoms. The highest BCUT2D eigenvalue weighted by molar-refractivity contribution is 5.14. The molecule has 1 aliphatic rings. The molecule has 1 atom stereocenters. The number of nitrogens with zero attached hydrogens (tertiary/aromatic N) is 2. The van der Waals surface area contributed by atoms with E-state index in [0.717, 1.165) is 31.9 Å². The van der Waals surface area contributed by atoms with Crippen molar-refractivity contribution >= 4 is 0 Å². The molecule has 6 heteroatoms. The SMILES string of the molecule is Cc1cc(C(F)(F)F)nc(C2CCCCN2)n1. The monoisotopic (exact) mass is 245 g/mol. The van der Waals surface area contributed by atoms with Gasteiger partial charge in [0, 0.05) is 5.69 Å². The topological polar surface area (TPSA) is 37.8 Å². The van der Waals surface area contributed by atoms with Crippen LogP contribution >= 0.6 is 0 Å². The molecule has 0 bridgehead atoms. The number of aryl methyl sites for hydroxylation is 1. The zero-order valence-electron chi connectivity index (χ0n) is 9.51. The van der Waals surface area contributed by atoms with Gasteiger partial charge in [-0.05, 0) is 32.4 Å². The van der Waals surface area contributed by atoms with Crippen LogP contribution < -0.4 is 5.32 Å². The summed E-state index contributed by atoms with van der Waals surface area (Å²) in [6, 6.07) is 0.830. The van der Waals surface area contributed by atoms with E-state index in [1.165, 1.54) is 0 Å². The molecule has 0 saturated carbocycles. The van der Waals surface area contributed by atoms with E-state index in [0.29, 0.717) is 5.69 Å². The third-order valence-corrected chi connectivity index (χ3v) is 2.78. The van der Waals surface area contributed by atoms with Crippen molar-refractivity contribution in [1.82, 2.24) is 15.3 Å². The Labute approximate surface area is 97.5 Å². The summed E-state index contributed by atoms with van der Waals surface area (Å²) < 4.78 is 37.8. The fourth-order valence-electron chi connectivity index (χ4n) is 1.96. The molecule has 1 aliphatic heterocycles. The maximum Gasteiger partial charge on any atom is 0.433 e. The van der Waals surface area contributed by atoms with Crippen molar-refractivity contribution in [3.05, 3.63) is 23.3 Å². The van der Waals surface area contributed by atoms with Gasteiger partial charge in [0.15, 0.2) is 0 Å². The second kappa shape index (κ2) is 4.60. The molecule has 94 valence electrons. The fourth-order valence-corrected chi connectivity index (χ4v) is 1.96. The van der Waals surface area contributed by atoms with E-state index in [9.17, 15) is 13.2 Å². The number of aromatic nitrogens is 2. The molecule has 3 nitrogen and oxygen atoms in total. The van der Waals surface area contributed by atoms with Crippen molar-refractivity contribution < 1.29 is 13.2 Å². The quantitative estimate of drug-likeness (QED) is 0.826. The van der Waals surface area contributed by atoms with Crippen LogP contribution in [0.5, 0.6) is 0 Å². The maximum absolute atomic E-state index is 12.6. The molecular formula is C11H14F3N3. The van der Waals surface area contributed by atoms with Crippen LogP contribution in [-0.4, -0.2) is 16.5 Å². The molecule has 1 N–H and O–H groups in total. The van der Waals surface area contributed by atoms with Gasteiger partial charge in [-0.1, -0.05) is 6.42 Å². The van der Waals surface area contributed by atoms with Gasteiger partial charge >= 0.3 is 6.18 Å². The lowest BCUT2D eigenvalue weighted by molar-refractivity contribution is -0.141. The predicted molar refractivity (Wildman–Crippen MR) is 56.4 cm³/mol. The molecule has 1 aromatic rings. The predicted octanol–water partition coefficient (Wildman–Crippen LogP) is 2.62. The molecule has 2 rings (SSSR count). The van der Waals surface area contributed by atoms with Gasteiger partial charge in [0.1, 0.15) is 11.5 Å². The minimum Gasteiger partial charge on any atom is -0.307 e. The number of hydrogen-bond donors (Lipinski definition) is 1. The van der Waals surface area contributed by atoms with Crippen molar-refractivity contribution in [2.24, 2.45) is 0 Å². The van der Waals surface area contributed by atoms with E-state index in [2.05, 4.69) is 15.3 Å². The van der Waals surface area contributed by atoms with E-state index in [4.69, 9.17) is 0 Å². The van der Waals surface area contributed by atoms with Crippen molar-refractivity contribution in [2.75, 3.05) is 6.54 Å². The van der Waals surface area contributed by atoms with Gasteiger partial charge in [0.25, 0.3) is 0 Å². The Morgan fingerprint density at radius 2 is 2.06 bits per heavy atom. The van der Waals surface area contributed by atoms with E-state index in [1.807, 2.05) is 0 Å². The van der Waals surface area contributed by atoms with E-state index in [-0.39, 0.29) is 11.9 Å². The number of alkyl halides is 3. The van der Waals surface area contributed by atoms with Crippen LogP contribution in [0.3, 0.4) is 0 Å². The first-order valence-electron chi connectivity index (χ1n) is 5.63. The Balaban J connectivity index is 2.31. The van der Waals surface area contributed by atoms with E-state index in [1.54, 1.807) is 6.92 Å². The molecule has 1 aromatic heterocycles. The maximum atomic E-state index is 12.6. The van der Waals surface area contributed by atoms with Crippen LogP contribution in [0, 0.1) is 6.92 Å². The van der Waals surface area contributed by atoms with Crippen molar-refractivity contribution in [3.8, 4) is 0 Å². The third-order valence-electron chi connectivity index (χ3n) is 2.78. The molecule has 2 heterocycles.